The predicted molar refractivity (Wildman–Crippen MR) is 65.0 cm³/mol. The van der Waals surface area contributed by atoms with Gasteiger partial charge in [-0.25, -0.2) is 4.39 Å². The lowest BCUT2D eigenvalue weighted by Gasteiger charge is -2.06. The van der Waals surface area contributed by atoms with Crippen LogP contribution in [-0.4, -0.2) is 28.5 Å². The maximum Gasteiger partial charge on any atom is 0.163 e. The molecule has 2 aromatic rings. The summed E-state index contributed by atoms with van der Waals surface area (Å²) in [7, 11) is 1.63. The molecule has 1 aromatic heterocycles. The number of halogens is 2. The minimum atomic E-state index is -0.316. The van der Waals surface area contributed by atoms with Crippen molar-refractivity contribution in [1.29, 1.82) is 0 Å². The van der Waals surface area contributed by atoms with Crippen molar-refractivity contribution in [2.75, 3.05) is 13.7 Å². The van der Waals surface area contributed by atoms with Crippen molar-refractivity contribution in [2.24, 2.45) is 0 Å². The maximum absolute atomic E-state index is 13.4. The van der Waals surface area contributed by atoms with Crippen molar-refractivity contribution in [3.63, 3.8) is 0 Å². The first-order chi connectivity index (χ1) is 8.22. The van der Waals surface area contributed by atoms with Crippen LogP contribution < -0.4 is 0 Å². The number of nitrogens with zero attached hydrogens (tertiary/aromatic N) is 3. The Labute approximate surface area is 107 Å². The van der Waals surface area contributed by atoms with E-state index in [1.165, 1.54) is 6.07 Å². The molecular formula is C11H11BrFN3O. The van der Waals surface area contributed by atoms with Gasteiger partial charge in [-0.3, -0.25) is 0 Å². The molecule has 0 unspecified atom stereocenters. The molecule has 0 saturated carbocycles. The third-order valence-electron chi connectivity index (χ3n) is 2.33. The lowest BCUT2D eigenvalue weighted by atomic mass is 10.2. The highest BCUT2D eigenvalue weighted by Gasteiger charge is 2.09. The van der Waals surface area contributed by atoms with Crippen LogP contribution in [0.1, 0.15) is 0 Å². The first kappa shape index (κ1) is 12.2. The average Bonchev–Trinajstić information content (AvgIpc) is 2.78. The van der Waals surface area contributed by atoms with Crippen LogP contribution in [0.15, 0.2) is 29.0 Å². The number of ether oxygens (including phenoxy) is 1. The van der Waals surface area contributed by atoms with Gasteiger partial charge in [0.05, 0.1) is 11.1 Å². The third kappa shape index (κ3) is 2.70. The normalized spacial score (nSPS) is 10.8. The van der Waals surface area contributed by atoms with Crippen molar-refractivity contribution in [2.45, 2.75) is 6.54 Å². The van der Waals surface area contributed by atoms with Crippen LogP contribution in [0.4, 0.5) is 4.39 Å². The molecule has 0 saturated heterocycles. The minimum absolute atomic E-state index is 0.316. The summed E-state index contributed by atoms with van der Waals surface area (Å²) in [6.07, 6.45) is 1.61. The molecule has 0 bridgehead atoms. The molecule has 1 heterocycles. The monoisotopic (exact) mass is 299 g/mol. The summed E-state index contributed by atoms with van der Waals surface area (Å²) in [5, 5.41) is 7.81. The zero-order valence-electron chi connectivity index (χ0n) is 9.23. The molecule has 0 aliphatic carbocycles. The fourth-order valence-corrected chi connectivity index (χ4v) is 1.71. The molecule has 0 amide bonds. The average molecular weight is 300 g/mol. The number of methoxy groups -OCH3 is 1. The second-order valence-corrected chi connectivity index (χ2v) is 4.32. The fraction of sp³-hybridized carbons (Fsp3) is 0.273. The van der Waals surface area contributed by atoms with Gasteiger partial charge < -0.3 is 9.30 Å². The topological polar surface area (TPSA) is 39.9 Å². The minimum Gasteiger partial charge on any atom is -0.383 e. The largest absolute Gasteiger partial charge is 0.383 e. The highest BCUT2D eigenvalue weighted by Crippen LogP contribution is 2.22. The lowest BCUT2D eigenvalue weighted by Crippen LogP contribution is -2.05. The van der Waals surface area contributed by atoms with Gasteiger partial charge in [-0.2, -0.15) is 0 Å². The molecule has 90 valence electrons. The van der Waals surface area contributed by atoms with E-state index in [-0.39, 0.29) is 5.82 Å². The Hall–Kier alpha value is -1.27. The molecule has 0 atom stereocenters. The van der Waals surface area contributed by atoms with Crippen LogP contribution in [0.2, 0.25) is 0 Å². The first-order valence-corrected chi connectivity index (χ1v) is 5.84. The van der Waals surface area contributed by atoms with Gasteiger partial charge in [0.15, 0.2) is 5.82 Å². The summed E-state index contributed by atoms with van der Waals surface area (Å²) in [4.78, 5) is 0. The third-order valence-corrected chi connectivity index (χ3v) is 2.97. The number of hydrogen-bond donors (Lipinski definition) is 0. The van der Waals surface area contributed by atoms with Crippen LogP contribution in [-0.2, 0) is 11.3 Å². The molecule has 6 heteroatoms. The van der Waals surface area contributed by atoms with E-state index in [0.29, 0.717) is 29.0 Å². The molecule has 0 N–H and O–H groups in total. The second-order valence-electron chi connectivity index (χ2n) is 3.47. The van der Waals surface area contributed by atoms with Crippen molar-refractivity contribution >= 4 is 15.9 Å². The Morgan fingerprint density at radius 3 is 3.00 bits per heavy atom. The molecule has 0 radical (unpaired) electrons. The highest BCUT2D eigenvalue weighted by molar-refractivity contribution is 9.10. The van der Waals surface area contributed by atoms with Gasteiger partial charge in [-0.1, -0.05) is 0 Å². The van der Waals surface area contributed by atoms with Gasteiger partial charge in [-0.15, -0.1) is 10.2 Å². The lowest BCUT2D eigenvalue weighted by molar-refractivity contribution is 0.187. The highest BCUT2D eigenvalue weighted by atomic mass is 79.9. The van der Waals surface area contributed by atoms with E-state index in [0.717, 1.165) is 0 Å². The van der Waals surface area contributed by atoms with Crippen LogP contribution in [0.3, 0.4) is 0 Å². The Morgan fingerprint density at radius 1 is 1.47 bits per heavy atom. The van der Waals surface area contributed by atoms with Gasteiger partial charge in [-0.05, 0) is 34.1 Å². The van der Waals surface area contributed by atoms with Crippen LogP contribution >= 0.6 is 15.9 Å². The molecule has 0 fully saturated rings. The zero-order chi connectivity index (χ0) is 12.3. The SMILES string of the molecule is COCCn1cnnc1-c1ccc(Br)c(F)c1. The number of hydrogen-bond acceptors (Lipinski definition) is 3. The quantitative estimate of drug-likeness (QED) is 0.871. The van der Waals surface area contributed by atoms with E-state index in [1.54, 1.807) is 25.6 Å². The summed E-state index contributed by atoms with van der Waals surface area (Å²) in [5.74, 6) is 0.317. The van der Waals surface area contributed by atoms with Crippen molar-refractivity contribution < 1.29 is 9.13 Å². The van der Waals surface area contributed by atoms with Gasteiger partial charge in [0.2, 0.25) is 0 Å². The molecule has 0 spiro atoms. The molecule has 0 aliphatic heterocycles. The summed E-state index contributed by atoms with van der Waals surface area (Å²) < 4.78 is 20.7. The van der Waals surface area contributed by atoms with Gasteiger partial charge in [0.1, 0.15) is 12.1 Å². The van der Waals surface area contributed by atoms with E-state index in [1.807, 2.05) is 4.57 Å². The van der Waals surface area contributed by atoms with Crippen LogP contribution in [0.25, 0.3) is 11.4 Å². The number of rotatable bonds is 4. The maximum atomic E-state index is 13.4. The molecule has 0 aliphatic rings. The molecule has 2 rings (SSSR count). The Balaban J connectivity index is 2.32. The van der Waals surface area contributed by atoms with E-state index < -0.39 is 0 Å². The smallest absolute Gasteiger partial charge is 0.163 e. The summed E-state index contributed by atoms with van der Waals surface area (Å²) >= 11 is 3.12. The van der Waals surface area contributed by atoms with Gasteiger partial charge in [0, 0.05) is 19.2 Å². The van der Waals surface area contributed by atoms with Crippen LogP contribution in [0.5, 0.6) is 0 Å². The Bertz CT molecular complexity index is 515. The molecular weight excluding hydrogens is 289 g/mol. The summed E-state index contributed by atoms with van der Waals surface area (Å²) in [5.41, 5.74) is 0.694. The van der Waals surface area contributed by atoms with Crippen LogP contribution in [0, 0.1) is 5.82 Å². The Morgan fingerprint density at radius 2 is 2.29 bits per heavy atom. The van der Waals surface area contributed by atoms with Gasteiger partial charge >= 0.3 is 0 Å². The van der Waals surface area contributed by atoms with E-state index in [2.05, 4.69) is 26.1 Å². The zero-order valence-corrected chi connectivity index (χ0v) is 10.8. The predicted octanol–water partition coefficient (Wildman–Crippen LogP) is 2.49. The molecule has 1 aromatic carbocycles. The standard InChI is InChI=1S/C11H11BrFN3O/c1-17-5-4-16-7-14-15-11(16)8-2-3-9(12)10(13)6-8/h2-3,6-7H,4-5H2,1H3. The van der Waals surface area contributed by atoms with E-state index >= 15 is 0 Å². The Kier molecular flexibility index (Phi) is 3.86. The summed E-state index contributed by atoms with van der Waals surface area (Å²) in [6.45, 7) is 1.20. The van der Waals surface area contributed by atoms with Crippen molar-refractivity contribution in [3.05, 3.63) is 34.8 Å². The van der Waals surface area contributed by atoms with Crippen molar-refractivity contribution in [3.8, 4) is 11.4 Å². The number of aromatic nitrogens is 3. The van der Waals surface area contributed by atoms with E-state index in [9.17, 15) is 4.39 Å². The number of benzene rings is 1. The van der Waals surface area contributed by atoms with Gasteiger partial charge in [0.25, 0.3) is 0 Å². The second kappa shape index (κ2) is 5.37. The fourth-order valence-electron chi connectivity index (χ4n) is 1.47. The van der Waals surface area contributed by atoms with Crippen molar-refractivity contribution in [1.82, 2.24) is 14.8 Å². The molecule has 4 nitrogen and oxygen atoms in total. The first-order valence-electron chi connectivity index (χ1n) is 5.04. The molecule has 17 heavy (non-hydrogen) atoms. The summed E-state index contributed by atoms with van der Waals surface area (Å²) in [6, 6.07) is 4.87. The van der Waals surface area contributed by atoms with E-state index in [4.69, 9.17) is 4.74 Å².